The van der Waals surface area contributed by atoms with Gasteiger partial charge < -0.3 is 9.80 Å². The lowest BCUT2D eigenvalue weighted by atomic mass is 10.1. The molecule has 31 heavy (non-hydrogen) atoms. The first kappa shape index (κ1) is 19.5. The largest absolute Gasteiger partial charge is 0.368 e. The molecule has 2 aromatic carbocycles. The van der Waals surface area contributed by atoms with E-state index in [0.717, 1.165) is 65.9 Å². The van der Waals surface area contributed by atoms with Crippen LogP contribution in [0.3, 0.4) is 0 Å². The molecule has 9 heteroatoms. The number of aromatic nitrogens is 2. The van der Waals surface area contributed by atoms with Gasteiger partial charge in [-0.3, -0.25) is 14.9 Å². The summed E-state index contributed by atoms with van der Waals surface area (Å²) in [6.07, 6.45) is 3.26. The van der Waals surface area contributed by atoms with Gasteiger partial charge >= 0.3 is 0 Å². The van der Waals surface area contributed by atoms with Gasteiger partial charge in [0, 0.05) is 37.3 Å². The van der Waals surface area contributed by atoms with E-state index in [0.29, 0.717) is 4.91 Å². The monoisotopic (exact) mass is 435 g/mol. The number of nitrogens with one attached hydrogen (secondary N) is 1. The van der Waals surface area contributed by atoms with Crippen LogP contribution in [0.4, 0.5) is 20.7 Å². The van der Waals surface area contributed by atoms with E-state index < -0.39 is 0 Å². The van der Waals surface area contributed by atoms with Gasteiger partial charge in [-0.15, -0.1) is 0 Å². The molecule has 7 nitrogen and oxygen atoms in total. The van der Waals surface area contributed by atoms with Crippen molar-refractivity contribution in [2.24, 2.45) is 0 Å². The maximum atomic E-state index is 13.2. The Balaban J connectivity index is 1.40. The van der Waals surface area contributed by atoms with Crippen LogP contribution >= 0.6 is 11.8 Å². The minimum Gasteiger partial charge on any atom is -0.368 e. The zero-order valence-corrected chi connectivity index (χ0v) is 17.2. The molecule has 0 atom stereocenters. The predicted molar refractivity (Wildman–Crippen MR) is 119 cm³/mol. The Morgan fingerprint density at radius 3 is 2.42 bits per heavy atom. The molecule has 3 heterocycles. The topological polar surface area (TPSA) is 78.4 Å². The summed E-state index contributed by atoms with van der Waals surface area (Å²) in [7, 11) is 0. The van der Waals surface area contributed by atoms with Crippen molar-refractivity contribution < 1.29 is 14.0 Å². The molecule has 2 aliphatic rings. The second-order valence-corrected chi connectivity index (χ2v) is 8.29. The summed E-state index contributed by atoms with van der Waals surface area (Å²) in [5, 5.41) is 2.80. The van der Waals surface area contributed by atoms with Crippen LogP contribution in [-0.4, -0.2) is 47.3 Å². The first-order chi connectivity index (χ1) is 15.1. The number of carbonyl (C=O) groups excluding carboxylic acids is 2. The minimum atomic E-state index is -0.378. The fourth-order valence-electron chi connectivity index (χ4n) is 3.80. The van der Waals surface area contributed by atoms with Crippen LogP contribution in [0.15, 0.2) is 53.7 Å². The van der Waals surface area contributed by atoms with E-state index in [-0.39, 0.29) is 17.0 Å². The number of thioether (sulfide) groups is 1. The molecule has 3 aromatic rings. The third kappa shape index (κ3) is 3.96. The van der Waals surface area contributed by atoms with Gasteiger partial charge in [0.25, 0.3) is 11.1 Å². The van der Waals surface area contributed by atoms with E-state index in [1.165, 1.54) is 12.1 Å². The molecule has 1 N–H and O–H groups in total. The summed E-state index contributed by atoms with van der Waals surface area (Å²) in [4.78, 5) is 37.0. The normalized spacial score (nSPS) is 18.2. The summed E-state index contributed by atoms with van der Waals surface area (Å²) < 4.78 is 13.2. The van der Waals surface area contributed by atoms with E-state index >= 15 is 0 Å². The molecule has 2 amide bonds. The summed E-state index contributed by atoms with van der Waals surface area (Å²) in [5.74, 6) is 0.221. The standard InChI is InChI=1S/C22H18FN5O2S/c23-15-2-4-16(5-3-15)27-7-9-28(10-8-27)20-17-11-14(1-6-18(17)24-13-25-20)12-19-21(29)26-22(30)31-19/h1-6,11-13H,7-10H2,(H,26,29,30)/b19-12-. The van der Waals surface area contributed by atoms with E-state index in [4.69, 9.17) is 0 Å². The van der Waals surface area contributed by atoms with Crippen molar-refractivity contribution in [1.82, 2.24) is 15.3 Å². The van der Waals surface area contributed by atoms with Crippen LogP contribution in [0.1, 0.15) is 5.56 Å². The molecule has 0 saturated carbocycles. The van der Waals surface area contributed by atoms with Gasteiger partial charge in [0.05, 0.1) is 10.4 Å². The molecule has 2 saturated heterocycles. The van der Waals surface area contributed by atoms with Crippen molar-refractivity contribution in [3.8, 4) is 0 Å². The number of hydrogen-bond donors (Lipinski definition) is 1. The lowest BCUT2D eigenvalue weighted by Crippen LogP contribution is -2.46. The minimum absolute atomic E-state index is 0.238. The van der Waals surface area contributed by atoms with Crippen molar-refractivity contribution in [3.63, 3.8) is 0 Å². The first-order valence-electron chi connectivity index (χ1n) is 9.82. The number of hydrogen-bond acceptors (Lipinski definition) is 7. The van der Waals surface area contributed by atoms with Gasteiger partial charge in [0.2, 0.25) is 0 Å². The maximum absolute atomic E-state index is 13.2. The molecule has 0 radical (unpaired) electrons. The molecule has 156 valence electrons. The number of amides is 2. The lowest BCUT2D eigenvalue weighted by Gasteiger charge is -2.37. The van der Waals surface area contributed by atoms with Crippen LogP contribution in [0, 0.1) is 5.82 Å². The summed E-state index contributed by atoms with van der Waals surface area (Å²) in [6.45, 7) is 3.11. The van der Waals surface area contributed by atoms with Gasteiger partial charge in [0.1, 0.15) is 18.0 Å². The molecule has 1 aromatic heterocycles. The average Bonchev–Trinajstić information content (AvgIpc) is 3.10. The number of halogens is 1. The first-order valence-corrected chi connectivity index (χ1v) is 10.6. The summed E-state index contributed by atoms with van der Waals surface area (Å²) >= 11 is 0.896. The van der Waals surface area contributed by atoms with Crippen molar-refractivity contribution >= 4 is 51.4 Å². The highest BCUT2D eigenvalue weighted by Crippen LogP contribution is 2.29. The van der Waals surface area contributed by atoms with Crippen molar-refractivity contribution in [3.05, 3.63) is 65.1 Å². The molecule has 0 bridgehead atoms. The number of nitrogens with zero attached hydrogens (tertiary/aromatic N) is 4. The maximum Gasteiger partial charge on any atom is 0.290 e. The Morgan fingerprint density at radius 2 is 1.71 bits per heavy atom. The van der Waals surface area contributed by atoms with Crippen molar-refractivity contribution in [2.75, 3.05) is 36.0 Å². The second kappa shape index (κ2) is 7.99. The van der Waals surface area contributed by atoms with E-state index in [1.807, 2.05) is 18.2 Å². The van der Waals surface area contributed by atoms with Crippen LogP contribution in [-0.2, 0) is 4.79 Å². The molecule has 5 rings (SSSR count). The van der Waals surface area contributed by atoms with Crippen LogP contribution in [0.2, 0.25) is 0 Å². The second-order valence-electron chi connectivity index (χ2n) is 7.28. The van der Waals surface area contributed by atoms with E-state index in [2.05, 4.69) is 25.1 Å². The smallest absolute Gasteiger partial charge is 0.290 e. The highest BCUT2D eigenvalue weighted by molar-refractivity contribution is 8.18. The zero-order valence-electron chi connectivity index (χ0n) is 16.4. The molecule has 2 fully saturated rings. The molecular weight excluding hydrogens is 417 g/mol. The fourth-order valence-corrected chi connectivity index (χ4v) is 4.49. The molecule has 2 aliphatic heterocycles. The number of fused-ring (bicyclic) bond motifs is 1. The highest BCUT2D eigenvalue weighted by atomic mass is 32.2. The highest BCUT2D eigenvalue weighted by Gasteiger charge is 2.25. The molecular formula is C22H18FN5O2S. The number of carbonyl (C=O) groups is 2. The summed E-state index contributed by atoms with van der Waals surface area (Å²) in [6, 6.07) is 12.3. The third-order valence-electron chi connectivity index (χ3n) is 5.35. The molecule has 0 aliphatic carbocycles. The van der Waals surface area contributed by atoms with Crippen molar-refractivity contribution in [2.45, 2.75) is 0 Å². The van der Waals surface area contributed by atoms with Crippen LogP contribution in [0.5, 0.6) is 0 Å². The molecule has 0 spiro atoms. The van der Waals surface area contributed by atoms with Crippen molar-refractivity contribution in [1.29, 1.82) is 0 Å². The average molecular weight is 435 g/mol. The Kier molecular flexibility index (Phi) is 5.03. The Hall–Kier alpha value is -3.46. The van der Waals surface area contributed by atoms with Gasteiger partial charge in [0.15, 0.2) is 0 Å². The predicted octanol–water partition coefficient (Wildman–Crippen LogP) is 3.42. The number of rotatable bonds is 3. The van der Waals surface area contributed by atoms with Gasteiger partial charge in [-0.2, -0.15) is 0 Å². The van der Waals surface area contributed by atoms with E-state index in [9.17, 15) is 14.0 Å². The number of benzene rings is 2. The Morgan fingerprint density at radius 1 is 0.968 bits per heavy atom. The van der Waals surface area contributed by atoms with Gasteiger partial charge in [-0.25, -0.2) is 14.4 Å². The molecule has 0 unspecified atom stereocenters. The van der Waals surface area contributed by atoms with E-state index in [1.54, 1.807) is 24.5 Å². The number of imide groups is 1. The number of anilines is 2. The van der Waals surface area contributed by atoms with Crippen LogP contribution in [0.25, 0.3) is 17.0 Å². The zero-order chi connectivity index (χ0) is 21.4. The Labute approximate surface area is 182 Å². The third-order valence-corrected chi connectivity index (χ3v) is 6.16. The van der Waals surface area contributed by atoms with Gasteiger partial charge in [-0.1, -0.05) is 6.07 Å². The lowest BCUT2D eigenvalue weighted by molar-refractivity contribution is -0.115. The fraction of sp³-hybridized carbons (Fsp3) is 0.182. The van der Waals surface area contributed by atoms with Crippen LogP contribution < -0.4 is 15.1 Å². The van der Waals surface area contributed by atoms with Gasteiger partial charge in [-0.05, 0) is 59.8 Å². The summed E-state index contributed by atoms with van der Waals surface area (Å²) in [5.41, 5.74) is 2.62. The number of piperazine rings is 1. The SMILES string of the molecule is O=C1NC(=O)/C(=C/c2ccc3ncnc(N4CCN(c5ccc(F)cc5)CC4)c3c2)S1. The Bertz CT molecular complexity index is 1210. The quantitative estimate of drug-likeness (QED) is 0.632.